The van der Waals surface area contributed by atoms with E-state index >= 15 is 0 Å². The molecule has 0 amide bonds. The number of carbonyl (C=O) groups is 1. The zero-order valence-electron chi connectivity index (χ0n) is 17.2. The van der Waals surface area contributed by atoms with Gasteiger partial charge in [-0.3, -0.25) is 14.3 Å². The number of ether oxygens (including phenoxy) is 1. The number of esters is 1. The number of pyridine rings is 1. The summed E-state index contributed by atoms with van der Waals surface area (Å²) in [5.74, 6) is -1.16. The minimum Gasteiger partial charge on any atom is -0.508 e. The first-order valence-corrected chi connectivity index (χ1v) is 9.57. The molecule has 8 nitrogen and oxygen atoms in total. The molecule has 2 N–H and O–H groups in total. The lowest BCUT2D eigenvalue weighted by molar-refractivity contribution is -0.140. The third-order valence-electron chi connectivity index (χ3n) is 5.25. The van der Waals surface area contributed by atoms with Gasteiger partial charge in [-0.25, -0.2) is 0 Å². The lowest BCUT2D eigenvalue weighted by Crippen LogP contribution is -2.30. The van der Waals surface area contributed by atoms with Crippen molar-refractivity contribution in [1.29, 1.82) is 0 Å². The highest BCUT2D eigenvalue weighted by Gasteiger charge is 2.28. The first-order chi connectivity index (χ1) is 14.3. The van der Waals surface area contributed by atoms with Gasteiger partial charge in [-0.05, 0) is 43.2 Å². The standard InChI is InChI=1S/C22H25N3O5/c1-14-12-19(27)21(17(13-20(28)30-3)18-8-10-23-24(18)2)22(29)25(14)11-9-15-4-6-16(26)7-5-15/h4-8,10,12,17,26-27H,9,11,13H2,1-3H3. The maximum absolute atomic E-state index is 13.4. The third kappa shape index (κ3) is 4.37. The predicted octanol–water partition coefficient (Wildman–Crippen LogP) is 2.24. The van der Waals surface area contributed by atoms with Crippen LogP contribution in [0.25, 0.3) is 0 Å². The lowest BCUT2D eigenvalue weighted by atomic mass is 9.92. The van der Waals surface area contributed by atoms with E-state index in [0.29, 0.717) is 24.4 Å². The SMILES string of the molecule is COC(=O)CC(c1c(O)cc(C)n(CCc2ccc(O)cc2)c1=O)c1ccnn1C. The molecule has 0 bridgehead atoms. The summed E-state index contributed by atoms with van der Waals surface area (Å²) in [6, 6.07) is 10.0. The summed E-state index contributed by atoms with van der Waals surface area (Å²) < 4.78 is 7.97. The highest BCUT2D eigenvalue weighted by molar-refractivity contribution is 5.71. The molecule has 0 saturated carbocycles. The molecule has 0 fully saturated rings. The van der Waals surface area contributed by atoms with Gasteiger partial charge in [0.25, 0.3) is 5.56 Å². The number of phenols is 1. The topological polar surface area (TPSA) is 107 Å². The fraction of sp³-hybridized carbons (Fsp3) is 0.318. The Morgan fingerprint density at radius 2 is 1.90 bits per heavy atom. The number of rotatable bonds is 7. The summed E-state index contributed by atoms with van der Waals surface area (Å²) in [4.78, 5) is 25.4. The van der Waals surface area contributed by atoms with Crippen LogP contribution in [0.15, 0.2) is 47.4 Å². The van der Waals surface area contributed by atoms with Crippen molar-refractivity contribution in [3.05, 3.63) is 75.5 Å². The number of carbonyl (C=O) groups excluding carboxylic acids is 1. The Kier molecular flexibility index (Phi) is 6.25. The summed E-state index contributed by atoms with van der Waals surface area (Å²) in [6.07, 6.45) is 2.05. The molecule has 30 heavy (non-hydrogen) atoms. The smallest absolute Gasteiger partial charge is 0.306 e. The van der Waals surface area contributed by atoms with Crippen molar-refractivity contribution in [2.75, 3.05) is 7.11 Å². The Hall–Kier alpha value is -3.55. The van der Waals surface area contributed by atoms with Crippen molar-refractivity contribution >= 4 is 5.97 Å². The van der Waals surface area contributed by atoms with E-state index in [1.807, 2.05) is 0 Å². The van der Waals surface area contributed by atoms with E-state index in [1.54, 1.807) is 59.7 Å². The Bertz CT molecular complexity index is 1100. The number of phenolic OH excluding ortho intramolecular Hbond substituents is 1. The number of aromatic hydroxyl groups is 2. The predicted molar refractivity (Wildman–Crippen MR) is 111 cm³/mol. The highest BCUT2D eigenvalue weighted by Crippen LogP contribution is 2.32. The van der Waals surface area contributed by atoms with Gasteiger partial charge in [-0.1, -0.05) is 12.1 Å². The molecule has 1 unspecified atom stereocenters. The van der Waals surface area contributed by atoms with E-state index in [1.165, 1.54) is 13.2 Å². The van der Waals surface area contributed by atoms with E-state index in [-0.39, 0.29) is 29.0 Å². The molecule has 0 aliphatic carbocycles. The van der Waals surface area contributed by atoms with Crippen LogP contribution in [0, 0.1) is 6.92 Å². The maximum atomic E-state index is 13.4. The second kappa shape index (κ2) is 8.86. The fourth-order valence-electron chi connectivity index (χ4n) is 3.61. The number of aryl methyl sites for hydroxylation is 3. The van der Waals surface area contributed by atoms with Gasteiger partial charge in [0, 0.05) is 37.1 Å². The van der Waals surface area contributed by atoms with Crippen LogP contribution in [0.3, 0.4) is 0 Å². The summed E-state index contributed by atoms with van der Waals surface area (Å²) in [5.41, 5.74) is 1.98. The number of hydrogen-bond acceptors (Lipinski definition) is 6. The molecule has 3 rings (SSSR count). The van der Waals surface area contributed by atoms with Crippen molar-refractivity contribution in [2.24, 2.45) is 7.05 Å². The molecule has 0 aliphatic heterocycles. The normalized spacial score (nSPS) is 12.0. The summed E-state index contributed by atoms with van der Waals surface area (Å²) in [5, 5.41) is 24.2. The number of benzene rings is 1. The summed E-state index contributed by atoms with van der Waals surface area (Å²) in [6.45, 7) is 2.14. The molecule has 2 aromatic heterocycles. The van der Waals surface area contributed by atoms with Gasteiger partial charge in [0.2, 0.25) is 0 Å². The molecule has 1 atom stereocenters. The Labute approximate surface area is 174 Å². The van der Waals surface area contributed by atoms with Crippen LogP contribution in [0.4, 0.5) is 0 Å². The number of methoxy groups -OCH3 is 1. The third-order valence-corrected chi connectivity index (χ3v) is 5.25. The molecular formula is C22H25N3O5. The molecular weight excluding hydrogens is 386 g/mol. The van der Waals surface area contributed by atoms with Gasteiger partial charge in [-0.2, -0.15) is 5.10 Å². The van der Waals surface area contributed by atoms with Gasteiger partial charge >= 0.3 is 5.97 Å². The van der Waals surface area contributed by atoms with Crippen LogP contribution in [0.5, 0.6) is 11.5 Å². The van der Waals surface area contributed by atoms with E-state index in [4.69, 9.17) is 4.74 Å². The first-order valence-electron chi connectivity index (χ1n) is 9.57. The van der Waals surface area contributed by atoms with Gasteiger partial charge < -0.3 is 19.5 Å². The number of nitrogens with zero attached hydrogens (tertiary/aromatic N) is 3. The first kappa shape index (κ1) is 21.2. The molecule has 0 radical (unpaired) electrons. The molecule has 8 heteroatoms. The van der Waals surface area contributed by atoms with Crippen molar-refractivity contribution in [3.63, 3.8) is 0 Å². The summed E-state index contributed by atoms with van der Waals surface area (Å²) >= 11 is 0. The van der Waals surface area contributed by atoms with Gasteiger partial charge in [-0.15, -0.1) is 0 Å². The van der Waals surface area contributed by atoms with Crippen molar-refractivity contribution in [1.82, 2.24) is 14.3 Å². The van der Waals surface area contributed by atoms with Gasteiger partial charge in [0.15, 0.2) is 0 Å². The average Bonchev–Trinajstić information content (AvgIpc) is 3.13. The zero-order chi connectivity index (χ0) is 21.8. The van der Waals surface area contributed by atoms with E-state index in [9.17, 15) is 19.8 Å². The lowest BCUT2D eigenvalue weighted by Gasteiger charge is -2.20. The summed E-state index contributed by atoms with van der Waals surface area (Å²) in [7, 11) is 3.00. The molecule has 2 heterocycles. The molecule has 158 valence electrons. The second-order valence-electron chi connectivity index (χ2n) is 7.17. The Balaban J connectivity index is 2.03. The monoisotopic (exact) mass is 411 g/mol. The molecule has 3 aromatic rings. The van der Waals surface area contributed by atoms with Crippen molar-refractivity contribution < 1.29 is 19.7 Å². The maximum Gasteiger partial charge on any atom is 0.306 e. The minimum absolute atomic E-state index is 0.0974. The largest absolute Gasteiger partial charge is 0.508 e. The zero-order valence-corrected chi connectivity index (χ0v) is 17.2. The fourth-order valence-corrected chi connectivity index (χ4v) is 3.61. The molecule has 0 spiro atoms. The van der Waals surface area contributed by atoms with Crippen LogP contribution in [-0.4, -0.2) is 37.6 Å². The number of aromatic nitrogens is 3. The van der Waals surface area contributed by atoms with Crippen LogP contribution in [0.1, 0.15) is 34.9 Å². The van der Waals surface area contributed by atoms with E-state index < -0.39 is 11.9 Å². The Morgan fingerprint density at radius 3 is 2.50 bits per heavy atom. The van der Waals surface area contributed by atoms with E-state index in [2.05, 4.69) is 5.10 Å². The molecule has 0 aliphatic rings. The van der Waals surface area contributed by atoms with Crippen molar-refractivity contribution in [3.8, 4) is 11.5 Å². The number of hydrogen-bond donors (Lipinski definition) is 2. The van der Waals surface area contributed by atoms with Crippen LogP contribution >= 0.6 is 0 Å². The van der Waals surface area contributed by atoms with E-state index in [0.717, 1.165) is 5.56 Å². The Morgan fingerprint density at radius 1 is 1.20 bits per heavy atom. The average molecular weight is 411 g/mol. The quantitative estimate of drug-likeness (QED) is 0.578. The van der Waals surface area contributed by atoms with Crippen molar-refractivity contribution in [2.45, 2.75) is 32.2 Å². The van der Waals surface area contributed by atoms with Crippen LogP contribution in [-0.2, 0) is 29.5 Å². The molecule has 0 saturated heterocycles. The van der Waals surface area contributed by atoms with Gasteiger partial charge in [0.05, 0.1) is 19.1 Å². The second-order valence-corrected chi connectivity index (χ2v) is 7.17. The molecule has 1 aromatic carbocycles. The van der Waals surface area contributed by atoms with Crippen LogP contribution < -0.4 is 5.56 Å². The highest BCUT2D eigenvalue weighted by atomic mass is 16.5. The minimum atomic E-state index is -0.696. The van der Waals surface area contributed by atoms with Gasteiger partial charge in [0.1, 0.15) is 11.5 Å². The van der Waals surface area contributed by atoms with Crippen LogP contribution in [0.2, 0.25) is 0 Å².